The van der Waals surface area contributed by atoms with Gasteiger partial charge in [0, 0.05) is 17.8 Å². The van der Waals surface area contributed by atoms with E-state index < -0.39 is 0 Å². The van der Waals surface area contributed by atoms with Crippen molar-refractivity contribution in [2.45, 2.75) is 51.7 Å². The van der Waals surface area contributed by atoms with Gasteiger partial charge in [0.15, 0.2) is 0 Å². The van der Waals surface area contributed by atoms with Gasteiger partial charge in [0.25, 0.3) is 0 Å². The van der Waals surface area contributed by atoms with Gasteiger partial charge in [-0.25, -0.2) is 9.97 Å². The van der Waals surface area contributed by atoms with Gasteiger partial charge in [0.2, 0.25) is 0 Å². The smallest absolute Gasteiger partial charge is 0.143 e. The van der Waals surface area contributed by atoms with Crippen LogP contribution in [-0.4, -0.2) is 22.3 Å². The Bertz CT molecular complexity index is 400. The van der Waals surface area contributed by atoms with E-state index >= 15 is 0 Å². The van der Waals surface area contributed by atoms with Crippen LogP contribution in [0, 0.1) is 6.92 Å². The van der Waals surface area contributed by atoms with Crippen molar-refractivity contribution < 1.29 is 0 Å². The predicted octanol–water partition coefficient (Wildman–Crippen LogP) is 3.74. The average Bonchev–Trinajstić information content (AvgIpc) is 2.89. The van der Waals surface area contributed by atoms with Crippen molar-refractivity contribution in [3.63, 3.8) is 0 Å². The van der Waals surface area contributed by atoms with Crippen LogP contribution in [0.4, 0.5) is 5.82 Å². The number of thioether (sulfide) groups is 1. The van der Waals surface area contributed by atoms with Crippen LogP contribution < -0.4 is 5.32 Å². The molecular weight excluding hydrogens is 242 g/mol. The maximum absolute atomic E-state index is 4.78. The zero-order valence-electron chi connectivity index (χ0n) is 11.6. The second-order valence-corrected chi connectivity index (χ2v) is 6.09. The second kappa shape index (κ2) is 6.41. The molecule has 1 aliphatic rings. The van der Waals surface area contributed by atoms with E-state index in [0.29, 0.717) is 5.25 Å². The SMILES string of the molecule is CCCNc1nc(C2CCCS2)nc(C)c1CC. The zero-order chi connectivity index (χ0) is 13.0. The highest BCUT2D eigenvalue weighted by Gasteiger charge is 2.22. The molecule has 1 fully saturated rings. The normalized spacial score (nSPS) is 19.2. The first kappa shape index (κ1) is 13.7. The Morgan fingerprint density at radius 1 is 1.33 bits per heavy atom. The molecule has 0 amide bonds. The van der Waals surface area contributed by atoms with Crippen LogP contribution in [0.5, 0.6) is 0 Å². The molecule has 4 heteroatoms. The third kappa shape index (κ3) is 2.97. The van der Waals surface area contributed by atoms with Crippen LogP contribution in [0.2, 0.25) is 0 Å². The largest absolute Gasteiger partial charge is 0.370 e. The Hall–Kier alpha value is -0.770. The van der Waals surface area contributed by atoms with Crippen LogP contribution in [0.1, 0.15) is 55.4 Å². The molecule has 2 rings (SSSR count). The summed E-state index contributed by atoms with van der Waals surface area (Å²) in [6.45, 7) is 7.45. The molecule has 18 heavy (non-hydrogen) atoms. The lowest BCUT2D eigenvalue weighted by Gasteiger charge is -2.15. The number of anilines is 1. The molecule has 0 aromatic carbocycles. The van der Waals surface area contributed by atoms with Gasteiger partial charge < -0.3 is 5.32 Å². The molecule has 0 radical (unpaired) electrons. The molecule has 1 unspecified atom stereocenters. The van der Waals surface area contributed by atoms with E-state index in [1.54, 1.807) is 0 Å². The summed E-state index contributed by atoms with van der Waals surface area (Å²) in [6, 6.07) is 0. The monoisotopic (exact) mass is 265 g/mol. The Balaban J connectivity index is 2.28. The Kier molecular flexibility index (Phi) is 4.87. The summed E-state index contributed by atoms with van der Waals surface area (Å²) >= 11 is 2.00. The minimum atomic E-state index is 0.511. The summed E-state index contributed by atoms with van der Waals surface area (Å²) in [6.07, 6.45) is 4.64. The lowest BCUT2D eigenvalue weighted by atomic mass is 10.1. The number of aromatic nitrogens is 2. The first-order valence-corrected chi connectivity index (χ1v) is 8.04. The maximum atomic E-state index is 4.78. The molecule has 1 aromatic heterocycles. The first-order valence-electron chi connectivity index (χ1n) is 6.99. The molecule has 0 aliphatic carbocycles. The fourth-order valence-corrected chi connectivity index (χ4v) is 3.56. The third-order valence-electron chi connectivity index (χ3n) is 3.34. The molecule has 1 saturated heterocycles. The van der Waals surface area contributed by atoms with Crippen LogP contribution in [0.25, 0.3) is 0 Å². The highest BCUT2D eigenvalue weighted by Crippen LogP contribution is 2.38. The van der Waals surface area contributed by atoms with Crippen molar-refractivity contribution in [1.29, 1.82) is 0 Å². The molecular formula is C14H23N3S. The van der Waals surface area contributed by atoms with Crippen molar-refractivity contribution in [3.05, 3.63) is 17.1 Å². The topological polar surface area (TPSA) is 37.8 Å². The summed E-state index contributed by atoms with van der Waals surface area (Å²) in [4.78, 5) is 9.50. The standard InChI is InChI=1S/C14H23N3S/c1-4-8-15-13-11(5-2)10(3)16-14(17-13)12-7-6-9-18-12/h12H,4-9H2,1-3H3,(H,15,16,17). The van der Waals surface area contributed by atoms with E-state index in [1.165, 1.54) is 24.2 Å². The summed E-state index contributed by atoms with van der Waals surface area (Å²) in [5.41, 5.74) is 2.42. The number of aryl methyl sites for hydroxylation is 1. The van der Waals surface area contributed by atoms with Crippen molar-refractivity contribution in [1.82, 2.24) is 9.97 Å². The highest BCUT2D eigenvalue weighted by molar-refractivity contribution is 7.99. The number of rotatable bonds is 5. The Labute approximate surface area is 114 Å². The van der Waals surface area contributed by atoms with Crippen LogP contribution in [0.3, 0.4) is 0 Å². The summed E-state index contributed by atoms with van der Waals surface area (Å²) < 4.78 is 0. The van der Waals surface area contributed by atoms with E-state index in [1.807, 2.05) is 11.8 Å². The van der Waals surface area contributed by atoms with E-state index in [0.717, 1.165) is 36.7 Å². The van der Waals surface area contributed by atoms with Crippen LogP contribution in [-0.2, 0) is 6.42 Å². The van der Waals surface area contributed by atoms with Crippen molar-refractivity contribution in [2.24, 2.45) is 0 Å². The molecule has 1 aromatic rings. The molecule has 0 spiro atoms. The van der Waals surface area contributed by atoms with Gasteiger partial charge in [-0.15, -0.1) is 0 Å². The fraction of sp³-hybridized carbons (Fsp3) is 0.714. The van der Waals surface area contributed by atoms with Crippen LogP contribution in [0.15, 0.2) is 0 Å². The van der Waals surface area contributed by atoms with Gasteiger partial charge in [-0.2, -0.15) is 11.8 Å². The zero-order valence-corrected chi connectivity index (χ0v) is 12.4. The minimum Gasteiger partial charge on any atom is -0.370 e. The Morgan fingerprint density at radius 3 is 2.78 bits per heavy atom. The van der Waals surface area contributed by atoms with Gasteiger partial charge in [-0.05, 0) is 38.4 Å². The van der Waals surface area contributed by atoms with Crippen molar-refractivity contribution >= 4 is 17.6 Å². The van der Waals surface area contributed by atoms with E-state index in [9.17, 15) is 0 Å². The molecule has 2 heterocycles. The number of hydrogen-bond acceptors (Lipinski definition) is 4. The Morgan fingerprint density at radius 2 is 2.17 bits per heavy atom. The number of nitrogens with zero attached hydrogens (tertiary/aromatic N) is 2. The van der Waals surface area contributed by atoms with Gasteiger partial charge in [0.1, 0.15) is 11.6 Å². The lowest BCUT2D eigenvalue weighted by molar-refractivity contribution is 0.765. The predicted molar refractivity (Wildman–Crippen MR) is 79.4 cm³/mol. The summed E-state index contributed by atoms with van der Waals surface area (Å²) in [7, 11) is 0. The van der Waals surface area contributed by atoms with Crippen molar-refractivity contribution in [2.75, 3.05) is 17.6 Å². The molecule has 1 atom stereocenters. The van der Waals surface area contributed by atoms with Gasteiger partial charge in [-0.1, -0.05) is 13.8 Å². The van der Waals surface area contributed by atoms with Crippen molar-refractivity contribution in [3.8, 4) is 0 Å². The first-order chi connectivity index (χ1) is 8.76. The fourth-order valence-electron chi connectivity index (χ4n) is 2.36. The second-order valence-electron chi connectivity index (χ2n) is 4.78. The third-order valence-corrected chi connectivity index (χ3v) is 4.72. The number of hydrogen-bond donors (Lipinski definition) is 1. The molecule has 0 bridgehead atoms. The minimum absolute atomic E-state index is 0.511. The molecule has 100 valence electrons. The molecule has 1 aliphatic heterocycles. The van der Waals surface area contributed by atoms with E-state index in [-0.39, 0.29) is 0 Å². The average molecular weight is 265 g/mol. The van der Waals surface area contributed by atoms with Gasteiger partial charge >= 0.3 is 0 Å². The van der Waals surface area contributed by atoms with E-state index in [2.05, 4.69) is 26.1 Å². The highest BCUT2D eigenvalue weighted by atomic mass is 32.2. The number of nitrogens with one attached hydrogen (secondary N) is 1. The molecule has 0 saturated carbocycles. The summed E-state index contributed by atoms with van der Waals surface area (Å²) in [5, 5.41) is 3.97. The lowest BCUT2D eigenvalue weighted by Crippen LogP contribution is -2.11. The van der Waals surface area contributed by atoms with Gasteiger partial charge in [0.05, 0.1) is 5.25 Å². The summed E-state index contributed by atoms with van der Waals surface area (Å²) in [5.74, 6) is 3.35. The maximum Gasteiger partial charge on any atom is 0.143 e. The quantitative estimate of drug-likeness (QED) is 0.880. The van der Waals surface area contributed by atoms with Crippen LogP contribution >= 0.6 is 11.8 Å². The molecule has 3 nitrogen and oxygen atoms in total. The molecule has 1 N–H and O–H groups in total. The van der Waals surface area contributed by atoms with Gasteiger partial charge in [-0.3, -0.25) is 0 Å². The van der Waals surface area contributed by atoms with E-state index in [4.69, 9.17) is 9.97 Å².